The zero-order valence-corrected chi connectivity index (χ0v) is 41.4. The van der Waals surface area contributed by atoms with Gasteiger partial charge in [0.1, 0.15) is 48.0 Å². The molecule has 0 aliphatic heterocycles. The largest absolute Gasteiger partial charge is 0.508 e. The zero-order chi connectivity index (χ0) is 54.3. The van der Waals surface area contributed by atoms with Crippen LogP contribution >= 0.6 is 0 Å². The van der Waals surface area contributed by atoms with E-state index in [2.05, 4.69) is 47.9 Å². The summed E-state index contributed by atoms with van der Waals surface area (Å²) in [6, 6.07) is -7.63. The van der Waals surface area contributed by atoms with Crippen LogP contribution in [0.5, 0.6) is 5.75 Å². The van der Waals surface area contributed by atoms with E-state index in [1.54, 1.807) is 13.8 Å². The van der Waals surface area contributed by atoms with Gasteiger partial charge in [-0.2, -0.15) is 0 Å². The lowest BCUT2D eigenvalue weighted by Crippen LogP contribution is -2.64. The van der Waals surface area contributed by atoms with Crippen LogP contribution in [0.15, 0.2) is 24.3 Å². The number of aromatic hydroxyl groups is 1. The number of nitrogens with one attached hydrogen (secondary N) is 9. The number of carboxylic acid groups (broad SMARTS) is 1. The van der Waals surface area contributed by atoms with E-state index in [-0.39, 0.29) is 43.9 Å². The van der Waals surface area contributed by atoms with E-state index < -0.39 is 145 Å². The molecule has 0 radical (unpaired) electrons. The molecule has 0 saturated heterocycles. The molecule has 0 aliphatic rings. The number of ketones is 1. The average molecular weight is 1010 g/mol. The van der Waals surface area contributed by atoms with Crippen molar-refractivity contribution in [1.29, 1.82) is 0 Å². The number of hydrogen-bond acceptors (Lipinski definition) is 17. The number of aliphatic hydroxyl groups is 4. The number of likely N-dealkylation sites (N-methyl/N-ethyl adjacent to an activating group) is 1. The van der Waals surface area contributed by atoms with Gasteiger partial charge in [0.25, 0.3) is 5.91 Å². The van der Waals surface area contributed by atoms with Crippen LogP contribution in [0.25, 0.3) is 0 Å². The fourth-order valence-electron chi connectivity index (χ4n) is 6.72. The van der Waals surface area contributed by atoms with Crippen molar-refractivity contribution in [3.05, 3.63) is 29.8 Å². The summed E-state index contributed by atoms with van der Waals surface area (Å²) in [5, 5.41) is 81.1. The Morgan fingerprint density at radius 1 is 0.634 bits per heavy atom. The molecule has 0 saturated carbocycles. The second-order valence-electron chi connectivity index (χ2n) is 18.3. The van der Waals surface area contributed by atoms with Gasteiger partial charge in [-0.05, 0) is 83.2 Å². The monoisotopic (exact) mass is 1010 g/mol. The number of aliphatic carboxylic acids is 1. The molecular weight excluding hydrogens is 937 g/mol. The van der Waals surface area contributed by atoms with Crippen molar-refractivity contribution in [2.45, 2.75) is 141 Å². The summed E-state index contributed by atoms with van der Waals surface area (Å²) in [5.41, 5.74) is 4.05. The van der Waals surface area contributed by atoms with Crippen LogP contribution in [-0.4, -0.2) is 183 Å². The third kappa shape index (κ3) is 21.7. The quantitative estimate of drug-likeness (QED) is 0.0300. The summed E-state index contributed by atoms with van der Waals surface area (Å²) in [6.07, 6.45) is -0.0384. The van der Waals surface area contributed by atoms with E-state index >= 15 is 0 Å². The van der Waals surface area contributed by atoms with Crippen molar-refractivity contribution in [3.8, 4) is 5.75 Å². The Hall–Kier alpha value is -6.32. The van der Waals surface area contributed by atoms with Gasteiger partial charge >= 0.3 is 5.97 Å². The first-order valence-electron chi connectivity index (χ1n) is 23.0. The Kier molecular flexibility index (Phi) is 26.9. The Balaban J connectivity index is 3.30. The van der Waals surface area contributed by atoms with Gasteiger partial charge in [0.05, 0.1) is 31.5 Å². The first-order valence-corrected chi connectivity index (χ1v) is 23.0. The highest BCUT2D eigenvalue weighted by atomic mass is 16.4. The SMILES string of the molecule is CN[C@H](CO)C(=O)N[C@@H](CC(C)C)C(=O)N[C@H](C(=O)N[C@H](CO)C(=O)N[C@H](C(=O)C(=O)N[C@H](CO)C(=O)N[C@@H](Cc1ccc(O)cc1)C(=O)N[C@@H](CCCN)CC(=O)N[C@@H](C)C(=O)O)C(C)C)C(C)(C)O. The number of phenolic OH excluding ortho intramolecular Hbond substituents is 1. The Morgan fingerprint density at radius 3 is 1.62 bits per heavy atom. The molecule has 0 aromatic heterocycles. The van der Waals surface area contributed by atoms with Crippen molar-refractivity contribution < 1.29 is 78.6 Å². The molecule has 1 aromatic carbocycles. The van der Waals surface area contributed by atoms with Crippen LogP contribution in [0.3, 0.4) is 0 Å². The van der Waals surface area contributed by atoms with Gasteiger partial charge in [0, 0.05) is 18.9 Å². The van der Waals surface area contributed by atoms with Crippen LogP contribution in [-0.2, 0) is 54.4 Å². The van der Waals surface area contributed by atoms with Crippen LogP contribution in [0.1, 0.15) is 79.7 Å². The number of Topliss-reactive ketones (excluding diaryl/α,β-unsaturated/α-hetero) is 1. The van der Waals surface area contributed by atoms with Gasteiger partial charge in [-0.1, -0.05) is 39.8 Å². The van der Waals surface area contributed by atoms with Crippen molar-refractivity contribution in [1.82, 2.24) is 47.9 Å². The molecule has 26 heteroatoms. The van der Waals surface area contributed by atoms with E-state index in [0.717, 1.165) is 13.8 Å². The second kappa shape index (κ2) is 30.4. The lowest BCUT2D eigenvalue weighted by atomic mass is 9.95. The summed E-state index contributed by atoms with van der Waals surface area (Å²) >= 11 is 0. The minimum absolute atomic E-state index is 0.0695. The number of phenols is 1. The molecule has 1 aromatic rings. The van der Waals surface area contributed by atoms with Gasteiger partial charge in [-0.3, -0.25) is 47.9 Å². The third-order valence-corrected chi connectivity index (χ3v) is 10.8. The summed E-state index contributed by atoms with van der Waals surface area (Å²) in [7, 11) is 1.42. The van der Waals surface area contributed by atoms with Crippen LogP contribution in [0.4, 0.5) is 0 Å². The van der Waals surface area contributed by atoms with Gasteiger partial charge in [0.15, 0.2) is 0 Å². The first kappa shape index (κ1) is 62.7. The van der Waals surface area contributed by atoms with Crippen molar-refractivity contribution in [3.63, 3.8) is 0 Å². The number of carbonyl (C=O) groups is 10. The Labute approximate surface area is 411 Å². The van der Waals surface area contributed by atoms with E-state index in [1.807, 2.05) is 0 Å². The average Bonchev–Trinajstić information content (AvgIpc) is 3.29. The maximum atomic E-state index is 13.8. The summed E-state index contributed by atoms with van der Waals surface area (Å²) in [5.74, 6) is -12.0. The normalized spacial score (nSPS) is 15.3. The molecule has 26 nitrogen and oxygen atoms in total. The van der Waals surface area contributed by atoms with Crippen molar-refractivity contribution in [2.24, 2.45) is 17.6 Å². The van der Waals surface area contributed by atoms with Crippen LogP contribution < -0.4 is 53.6 Å². The number of hydrogen-bond donors (Lipinski definition) is 16. The summed E-state index contributed by atoms with van der Waals surface area (Å²) in [4.78, 5) is 132. The zero-order valence-electron chi connectivity index (χ0n) is 41.4. The first-order chi connectivity index (χ1) is 33.1. The topological polar surface area (TPSA) is 426 Å². The second-order valence-corrected chi connectivity index (χ2v) is 18.3. The summed E-state index contributed by atoms with van der Waals surface area (Å²) in [6.45, 7) is 7.30. The van der Waals surface area contributed by atoms with Gasteiger partial charge in [0.2, 0.25) is 47.1 Å². The van der Waals surface area contributed by atoms with Gasteiger partial charge in [-0.15, -0.1) is 0 Å². The highest BCUT2D eigenvalue weighted by molar-refractivity contribution is 6.39. The molecule has 1 rings (SSSR count). The number of amides is 8. The number of nitrogens with two attached hydrogens (primary N) is 1. The number of carbonyl (C=O) groups excluding carboxylic acids is 9. The molecule has 0 aliphatic carbocycles. The molecule has 0 unspecified atom stereocenters. The predicted octanol–water partition coefficient (Wildman–Crippen LogP) is -5.35. The fourth-order valence-corrected chi connectivity index (χ4v) is 6.72. The van der Waals surface area contributed by atoms with E-state index in [9.17, 15) is 78.6 Å². The third-order valence-electron chi connectivity index (χ3n) is 10.8. The van der Waals surface area contributed by atoms with E-state index in [4.69, 9.17) is 5.73 Å². The van der Waals surface area contributed by atoms with Gasteiger partial charge < -0.3 is 84.2 Å². The Morgan fingerprint density at radius 2 is 1.13 bits per heavy atom. The molecule has 71 heavy (non-hydrogen) atoms. The number of rotatable bonds is 32. The molecule has 0 bridgehead atoms. The highest BCUT2D eigenvalue weighted by Gasteiger charge is 2.40. The van der Waals surface area contributed by atoms with Gasteiger partial charge in [-0.25, -0.2) is 0 Å². The summed E-state index contributed by atoms with van der Waals surface area (Å²) < 4.78 is 0. The van der Waals surface area contributed by atoms with Crippen LogP contribution in [0.2, 0.25) is 0 Å². The maximum Gasteiger partial charge on any atom is 0.325 e. The van der Waals surface area contributed by atoms with E-state index in [1.165, 1.54) is 52.1 Å². The molecule has 0 spiro atoms. The number of aliphatic hydroxyl groups excluding tert-OH is 3. The molecule has 17 N–H and O–H groups in total. The van der Waals surface area contributed by atoms with Crippen molar-refractivity contribution >= 4 is 59.0 Å². The molecule has 0 fully saturated rings. The van der Waals surface area contributed by atoms with Crippen molar-refractivity contribution in [2.75, 3.05) is 33.4 Å². The minimum Gasteiger partial charge on any atom is -0.508 e. The maximum absolute atomic E-state index is 13.8. The Bertz CT molecular complexity index is 1980. The fraction of sp³-hybridized carbons (Fsp3) is 0.644. The number of carboxylic acids is 1. The smallest absolute Gasteiger partial charge is 0.325 e. The van der Waals surface area contributed by atoms with E-state index in [0.29, 0.717) is 12.0 Å². The standard InChI is InChI=1S/C45H74N10O16/c1-22(2)16-28(50-39(64)30(19-56)47-8)38(63)55-36(45(6,7)71)43(68)53-32(21-58)41(66)54-34(23(3)4)35(61)42(67)52-31(20-57)40(65)51-29(17-25-11-13-27(59)14-12-25)37(62)49-26(10-9-15-46)18-33(60)48-24(5)44(69)70/h11-14,22-24,26,28-32,34,36,47,56-59,71H,9-10,15-21,46H2,1-8H3,(H,48,60)(H,49,62)(H,50,64)(H,51,65)(H,52,67)(H,53,68)(H,54,66)(H,55,63)(H,69,70)/t24-,26-,28-,29-,30+,31+,32+,34-,36+/m0/s1. The minimum atomic E-state index is -2.02. The molecule has 9 atom stereocenters. The lowest BCUT2D eigenvalue weighted by Gasteiger charge is -2.32. The molecule has 0 heterocycles. The molecule has 8 amide bonds. The predicted molar refractivity (Wildman–Crippen MR) is 253 cm³/mol. The van der Waals surface area contributed by atoms with Crippen LogP contribution in [0, 0.1) is 11.8 Å². The highest BCUT2D eigenvalue weighted by Crippen LogP contribution is 2.15. The lowest BCUT2D eigenvalue weighted by molar-refractivity contribution is -0.143. The molecular formula is C45H74N10O16. The molecule has 400 valence electrons. The number of benzene rings is 1.